The molecule has 0 aromatic heterocycles. The number of ether oxygens (including phenoxy) is 1. The van der Waals surface area contributed by atoms with E-state index in [1.54, 1.807) is 19.2 Å². The maximum atomic E-state index is 12.2. The highest BCUT2D eigenvalue weighted by Crippen LogP contribution is 2.47. The van der Waals surface area contributed by atoms with Crippen LogP contribution in [0.1, 0.15) is 31.2 Å². The minimum atomic E-state index is -4.65. The monoisotopic (exact) mass is 483 g/mol. The fourth-order valence-corrected chi connectivity index (χ4v) is 3.71. The molecule has 146 valence electrons. The van der Waals surface area contributed by atoms with Gasteiger partial charge in [0.05, 0.1) is 0 Å². The summed E-state index contributed by atoms with van der Waals surface area (Å²) < 4.78 is 40.3. The molecule has 1 aromatic rings. The lowest BCUT2D eigenvalue weighted by atomic mass is 9.68. The van der Waals surface area contributed by atoms with Crippen LogP contribution in [0.5, 0.6) is 5.75 Å². The molecule has 26 heavy (non-hydrogen) atoms. The van der Waals surface area contributed by atoms with Gasteiger partial charge in [0.2, 0.25) is 0 Å². The highest BCUT2D eigenvalue weighted by atomic mass is 127. The summed E-state index contributed by atoms with van der Waals surface area (Å²) in [5.74, 6) is 0.726. The Morgan fingerprint density at radius 2 is 1.92 bits per heavy atom. The van der Waals surface area contributed by atoms with E-state index in [1.165, 1.54) is 37.8 Å². The van der Waals surface area contributed by atoms with E-state index in [-0.39, 0.29) is 29.7 Å². The van der Waals surface area contributed by atoms with Gasteiger partial charge in [0.1, 0.15) is 5.75 Å². The Hall–Kier alpha value is -1.19. The molecule has 1 spiro atoms. The van der Waals surface area contributed by atoms with E-state index >= 15 is 0 Å². The van der Waals surface area contributed by atoms with Crippen molar-refractivity contribution in [1.29, 1.82) is 0 Å². The van der Waals surface area contributed by atoms with E-state index in [2.05, 4.69) is 19.9 Å². The van der Waals surface area contributed by atoms with E-state index in [4.69, 9.17) is 0 Å². The Labute approximate surface area is 169 Å². The Kier molecular flexibility index (Phi) is 7.04. The maximum absolute atomic E-state index is 12.2. The summed E-state index contributed by atoms with van der Waals surface area (Å²) in [7, 11) is 1.79. The Bertz CT molecular complexity index is 615. The fourth-order valence-electron chi connectivity index (χ4n) is 3.71. The lowest BCUT2D eigenvalue weighted by Gasteiger charge is -2.38. The van der Waals surface area contributed by atoms with Crippen molar-refractivity contribution < 1.29 is 17.9 Å². The van der Waals surface area contributed by atoms with Crippen molar-refractivity contribution in [2.24, 2.45) is 10.4 Å². The number of alkyl halides is 3. The van der Waals surface area contributed by atoms with Crippen molar-refractivity contribution in [3.05, 3.63) is 29.8 Å². The zero-order valence-corrected chi connectivity index (χ0v) is 17.1. The van der Waals surface area contributed by atoms with Gasteiger partial charge in [0, 0.05) is 26.7 Å². The number of benzene rings is 1. The first-order valence-corrected chi connectivity index (χ1v) is 8.69. The lowest BCUT2D eigenvalue weighted by Crippen LogP contribution is -2.43. The fraction of sp³-hybridized carbons (Fsp3) is 0.611. The van der Waals surface area contributed by atoms with E-state index in [1.807, 2.05) is 0 Å². The first kappa shape index (κ1) is 21.1. The summed E-state index contributed by atoms with van der Waals surface area (Å²) in [4.78, 5) is 6.68. The van der Waals surface area contributed by atoms with Gasteiger partial charge >= 0.3 is 6.36 Å². The van der Waals surface area contributed by atoms with Crippen molar-refractivity contribution in [3.63, 3.8) is 0 Å². The summed E-state index contributed by atoms with van der Waals surface area (Å²) in [6.07, 6.45) is 1.30. The molecular weight excluding hydrogens is 458 g/mol. The van der Waals surface area contributed by atoms with Gasteiger partial charge in [0.25, 0.3) is 0 Å². The van der Waals surface area contributed by atoms with Gasteiger partial charge in [-0.05, 0) is 48.8 Å². The number of nitrogens with one attached hydrogen (secondary N) is 1. The topological polar surface area (TPSA) is 36.9 Å². The largest absolute Gasteiger partial charge is 0.573 e. The Morgan fingerprint density at radius 3 is 2.42 bits per heavy atom. The number of aliphatic imine (C=N–C) groups is 1. The van der Waals surface area contributed by atoms with E-state index in [0.29, 0.717) is 18.4 Å². The molecule has 2 aliphatic rings. The van der Waals surface area contributed by atoms with E-state index in [9.17, 15) is 13.2 Å². The van der Waals surface area contributed by atoms with Gasteiger partial charge in [-0.25, -0.2) is 0 Å². The number of likely N-dealkylation sites (tertiary alicyclic amines) is 1. The molecule has 4 nitrogen and oxygen atoms in total. The molecule has 0 bridgehead atoms. The van der Waals surface area contributed by atoms with Crippen LogP contribution >= 0.6 is 24.0 Å². The van der Waals surface area contributed by atoms with Crippen molar-refractivity contribution in [3.8, 4) is 5.75 Å². The van der Waals surface area contributed by atoms with Crippen LogP contribution in [0.3, 0.4) is 0 Å². The predicted molar refractivity (Wildman–Crippen MR) is 106 cm³/mol. The first-order valence-electron chi connectivity index (χ1n) is 8.69. The van der Waals surface area contributed by atoms with Crippen molar-refractivity contribution in [1.82, 2.24) is 10.2 Å². The normalized spacial score (nSPS) is 19.1. The van der Waals surface area contributed by atoms with Gasteiger partial charge in [-0.2, -0.15) is 0 Å². The van der Waals surface area contributed by atoms with Gasteiger partial charge < -0.3 is 15.0 Å². The summed E-state index contributed by atoms with van der Waals surface area (Å²) in [6.45, 7) is 2.81. The van der Waals surface area contributed by atoms with Crippen LogP contribution in [0.15, 0.2) is 29.3 Å². The van der Waals surface area contributed by atoms with Crippen LogP contribution in [-0.4, -0.2) is 43.9 Å². The lowest BCUT2D eigenvalue weighted by molar-refractivity contribution is -0.274. The third-order valence-electron chi connectivity index (χ3n) is 5.22. The van der Waals surface area contributed by atoms with Crippen molar-refractivity contribution in [2.75, 3.05) is 26.7 Å². The minimum absolute atomic E-state index is 0. The third kappa shape index (κ3) is 5.40. The smallest absolute Gasteiger partial charge is 0.406 e. The van der Waals surface area contributed by atoms with Gasteiger partial charge in [0.15, 0.2) is 5.96 Å². The molecule has 0 unspecified atom stereocenters. The number of halogens is 4. The molecule has 1 heterocycles. The SMILES string of the molecule is CN=C(NCCc1ccc(OC(F)(F)F)cc1)N1CCC2(CCC2)C1.I. The molecule has 1 aliphatic carbocycles. The van der Waals surface area contributed by atoms with Crippen molar-refractivity contribution in [2.45, 2.75) is 38.5 Å². The Morgan fingerprint density at radius 1 is 1.23 bits per heavy atom. The van der Waals surface area contributed by atoms with Crippen molar-refractivity contribution >= 4 is 29.9 Å². The van der Waals surface area contributed by atoms with Gasteiger partial charge in [-0.15, -0.1) is 37.1 Å². The third-order valence-corrected chi connectivity index (χ3v) is 5.22. The molecule has 1 saturated heterocycles. The number of hydrogen-bond donors (Lipinski definition) is 1. The Balaban J connectivity index is 0.00000243. The summed E-state index contributed by atoms with van der Waals surface area (Å²) in [6, 6.07) is 6.01. The summed E-state index contributed by atoms with van der Waals surface area (Å²) in [5, 5.41) is 3.36. The average molecular weight is 483 g/mol. The maximum Gasteiger partial charge on any atom is 0.573 e. The van der Waals surface area contributed by atoms with Crippen LogP contribution < -0.4 is 10.1 Å². The highest BCUT2D eigenvalue weighted by Gasteiger charge is 2.43. The molecule has 1 saturated carbocycles. The first-order chi connectivity index (χ1) is 11.9. The zero-order chi connectivity index (χ0) is 17.9. The molecule has 2 fully saturated rings. The zero-order valence-electron chi connectivity index (χ0n) is 14.8. The second kappa shape index (κ2) is 8.67. The van der Waals surface area contributed by atoms with Gasteiger partial charge in [-0.1, -0.05) is 18.6 Å². The number of hydrogen-bond acceptors (Lipinski definition) is 2. The summed E-state index contributed by atoms with van der Waals surface area (Å²) in [5.41, 5.74) is 1.47. The second-order valence-electron chi connectivity index (χ2n) is 6.94. The van der Waals surface area contributed by atoms with Crippen LogP contribution in [0, 0.1) is 5.41 Å². The van der Waals surface area contributed by atoms with E-state index < -0.39 is 6.36 Å². The van der Waals surface area contributed by atoms with Crippen LogP contribution in [0.25, 0.3) is 0 Å². The van der Waals surface area contributed by atoms with Crippen LogP contribution in [0.2, 0.25) is 0 Å². The number of guanidine groups is 1. The molecule has 1 aliphatic heterocycles. The summed E-state index contributed by atoms with van der Waals surface area (Å²) >= 11 is 0. The highest BCUT2D eigenvalue weighted by molar-refractivity contribution is 14.0. The molecule has 0 atom stereocenters. The average Bonchev–Trinajstić information content (AvgIpc) is 2.97. The molecule has 0 amide bonds. The quantitative estimate of drug-likeness (QED) is 0.397. The second-order valence-corrected chi connectivity index (χ2v) is 6.94. The molecule has 3 rings (SSSR count). The predicted octanol–water partition coefficient (Wildman–Crippen LogP) is 4.20. The number of rotatable bonds is 4. The molecule has 1 N–H and O–H groups in total. The van der Waals surface area contributed by atoms with Crippen LogP contribution in [0.4, 0.5) is 13.2 Å². The van der Waals surface area contributed by atoms with Gasteiger partial charge in [-0.3, -0.25) is 4.99 Å². The molecule has 1 aromatic carbocycles. The molecule has 0 radical (unpaired) electrons. The van der Waals surface area contributed by atoms with E-state index in [0.717, 1.165) is 24.6 Å². The number of nitrogens with zero attached hydrogens (tertiary/aromatic N) is 2. The molecule has 8 heteroatoms. The minimum Gasteiger partial charge on any atom is -0.406 e. The van der Waals surface area contributed by atoms with Crippen LogP contribution in [-0.2, 0) is 6.42 Å². The molecular formula is C18H25F3IN3O. The standard InChI is InChI=1S/C18H24F3N3O.HI/c1-22-16(24-12-10-17(13-24)8-2-9-17)23-11-7-14-3-5-15(6-4-14)25-18(19,20)21;/h3-6H,2,7-13H2,1H3,(H,22,23);1H.